The van der Waals surface area contributed by atoms with Gasteiger partial charge in [-0.05, 0) is 48.9 Å². The zero-order chi connectivity index (χ0) is 21.8. The van der Waals surface area contributed by atoms with Crippen LogP contribution in [0.3, 0.4) is 0 Å². The summed E-state index contributed by atoms with van der Waals surface area (Å²) < 4.78 is 5.13. The number of rotatable bonds is 6. The van der Waals surface area contributed by atoms with Crippen molar-refractivity contribution in [3.8, 4) is 17.2 Å². The molecule has 0 unspecified atom stereocenters. The molecule has 2 N–H and O–H groups in total. The number of hydrogen-bond donors (Lipinski definition) is 2. The topological polar surface area (TPSA) is 90.3 Å². The van der Waals surface area contributed by atoms with E-state index in [0.717, 1.165) is 13.1 Å². The van der Waals surface area contributed by atoms with Crippen molar-refractivity contribution >= 4 is 11.7 Å². The Hall–Kier alpha value is -3.06. The lowest BCUT2D eigenvalue weighted by molar-refractivity contribution is -0.132. The first-order chi connectivity index (χ1) is 14.3. The molecular formula is C23H28N2O5. The first kappa shape index (κ1) is 21.6. The summed E-state index contributed by atoms with van der Waals surface area (Å²) in [4.78, 5) is 30.1. The lowest BCUT2D eigenvalue weighted by Gasteiger charge is -2.32. The standard InChI is InChI=1S/C23H28N2O5/c1-4-17-18(13-21(28)25-11-9-24(2)10-12-25)22(20(27)14-19(17)26)23(29)15-5-7-16(30-3)8-6-15/h5-8,14,26-27H,4,9-13H2,1-3H3. The van der Waals surface area contributed by atoms with Gasteiger partial charge >= 0.3 is 0 Å². The molecule has 1 heterocycles. The van der Waals surface area contributed by atoms with Crippen molar-refractivity contribution in [3.05, 3.63) is 52.6 Å². The van der Waals surface area contributed by atoms with Crippen molar-refractivity contribution in [2.45, 2.75) is 19.8 Å². The smallest absolute Gasteiger partial charge is 0.227 e. The molecule has 0 radical (unpaired) electrons. The van der Waals surface area contributed by atoms with Crippen LogP contribution in [0.1, 0.15) is 34.0 Å². The van der Waals surface area contributed by atoms with E-state index in [1.807, 2.05) is 14.0 Å². The number of benzene rings is 2. The molecular weight excluding hydrogens is 384 g/mol. The average molecular weight is 412 g/mol. The predicted octanol–water partition coefficient (Wildman–Crippen LogP) is 2.22. The molecule has 160 valence electrons. The lowest BCUT2D eigenvalue weighted by atomic mass is 9.89. The number of ether oxygens (including phenoxy) is 1. The van der Waals surface area contributed by atoms with E-state index >= 15 is 0 Å². The van der Waals surface area contributed by atoms with Crippen molar-refractivity contribution in [1.29, 1.82) is 0 Å². The predicted molar refractivity (Wildman–Crippen MR) is 113 cm³/mol. The molecule has 1 saturated heterocycles. The van der Waals surface area contributed by atoms with E-state index in [1.165, 1.54) is 13.2 Å². The number of hydrogen-bond acceptors (Lipinski definition) is 6. The number of methoxy groups -OCH3 is 1. The maximum absolute atomic E-state index is 13.3. The number of piperazine rings is 1. The van der Waals surface area contributed by atoms with Crippen LogP contribution in [0.2, 0.25) is 0 Å². The molecule has 0 aromatic heterocycles. The number of amides is 1. The van der Waals surface area contributed by atoms with Crippen LogP contribution in [0.4, 0.5) is 0 Å². The van der Waals surface area contributed by atoms with Crippen LogP contribution in [0.15, 0.2) is 30.3 Å². The van der Waals surface area contributed by atoms with E-state index in [9.17, 15) is 19.8 Å². The summed E-state index contributed by atoms with van der Waals surface area (Å²) in [5, 5.41) is 20.9. The maximum atomic E-state index is 13.3. The fourth-order valence-corrected chi connectivity index (χ4v) is 3.80. The molecule has 0 atom stereocenters. The van der Waals surface area contributed by atoms with Gasteiger partial charge in [-0.1, -0.05) is 6.92 Å². The monoisotopic (exact) mass is 412 g/mol. The highest BCUT2D eigenvalue weighted by molar-refractivity contribution is 6.12. The number of carbonyl (C=O) groups excluding carboxylic acids is 2. The van der Waals surface area contributed by atoms with E-state index in [2.05, 4.69) is 4.90 Å². The fourth-order valence-electron chi connectivity index (χ4n) is 3.80. The quantitative estimate of drug-likeness (QED) is 0.707. The minimum Gasteiger partial charge on any atom is -0.508 e. The molecule has 0 saturated carbocycles. The van der Waals surface area contributed by atoms with Gasteiger partial charge in [-0.15, -0.1) is 0 Å². The molecule has 3 rings (SSSR count). The number of ketones is 1. The molecule has 0 spiro atoms. The second kappa shape index (κ2) is 9.17. The Balaban J connectivity index is 1.99. The number of aromatic hydroxyl groups is 2. The van der Waals surface area contributed by atoms with Gasteiger partial charge < -0.3 is 24.7 Å². The molecule has 2 aromatic rings. The van der Waals surface area contributed by atoms with Gasteiger partial charge in [0.05, 0.1) is 19.1 Å². The summed E-state index contributed by atoms with van der Waals surface area (Å²) >= 11 is 0. The van der Waals surface area contributed by atoms with Crippen LogP contribution in [0.25, 0.3) is 0 Å². The van der Waals surface area contributed by atoms with Crippen LogP contribution in [0.5, 0.6) is 17.2 Å². The number of phenolic OH excluding ortho intramolecular Hbond substituents is 2. The van der Waals surface area contributed by atoms with Gasteiger partial charge in [-0.3, -0.25) is 9.59 Å². The Labute approximate surface area is 176 Å². The Kier molecular flexibility index (Phi) is 6.62. The third kappa shape index (κ3) is 4.41. The van der Waals surface area contributed by atoms with E-state index in [-0.39, 0.29) is 29.4 Å². The molecule has 1 aliphatic heterocycles. The largest absolute Gasteiger partial charge is 0.508 e. The molecule has 7 nitrogen and oxygen atoms in total. The van der Waals surface area contributed by atoms with Crippen molar-refractivity contribution in [2.24, 2.45) is 0 Å². The molecule has 1 aliphatic rings. The molecule has 1 amide bonds. The summed E-state index contributed by atoms with van der Waals surface area (Å²) in [7, 11) is 3.55. The van der Waals surface area contributed by atoms with Gasteiger partial charge in [-0.25, -0.2) is 0 Å². The normalized spacial score (nSPS) is 14.6. The van der Waals surface area contributed by atoms with E-state index in [4.69, 9.17) is 4.74 Å². The second-order valence-electron chi connectivity index (χ2n) is 7.52. The molecule has 1 fully saturated rings. The zero-order valence-electron chi connectivity index (χ0n) is 17.6. The van der Waals surface area contributed by atoms with Gasteiger partial charge in [0.1, 0.15) is 17.2 Å². The van der Waals surface area contributed by atoms with Crippen LogP contribution >= 0.6 is 0 Å². The van der Waals surface area contributed by atoms with Crippen LogP contribution in [-0.4, -0.2) is 72.0 Å². The first-order valence-electron chi connectivity index (χ1n) is 10.1. The number of carbonyl (C=O) groups is 2. The molecule has 30 heavy (non-hydrogen) atoms. The highest BCUT2D eigenvalue weighted by Crippen LogP contribution is 2.35. The zero-order valence-corrected chi connectivity index (χ0v) is 17.6. The summed E-state index contributed by atoms with van der Waals surface area (Å²) in [6.07, 6.45) is 0.381. The van der Waals surface area contributed by atoms with Gasteiger partial charge in [0.2, 0.25) is 5.91 Å². The number of likely N-dealkylation sites (N-methyl/N-ethyl adjacent to an activating group) is 1. The van der Waals surface area contributed by atoms with Crippen LogP contribution in [-0.2, 0) is 17.6 Å². The maximum Gasteiger partial charge on any atom is 0.227 e. The van der Waals surface area contributed by atoms with Crippen LogP contribution in [0, 0.1) is 0 Å². The minimum atomic E-state index is -0.397. The molecule has 0 aliphatic carbocycles. The minimum absolute atomic E-state index is 0.0495. The highest BCUT2D eigenvalue weighted by Gasteiger charge is 2.27. The average Bonchev–Trinajstić information content (AvgIpc) is 2.74. The second-order valence-corrected chi connectivity index (χ2v) is 7.52. The Morgan fingerprint density at radius 3 is 2.20 bits per heavy atom. The van der Waals surface area contributed by atoms with Crippen molar-refractivity contribution < 1.29 is 24.5 Å². The number of nitrogens with zero attached hydrogens (tertiary/aromatic N) is 2. The fraction of sp³-hybridized carbons (Fsp3) is 0.391. The third-order valence-electron chi connectivity index (χ3n) is 5.62. The lowest BCUT2D eigenvalue weighted by Crippen LogP contribution is -2.47. The van der Waals surface area contributed by atoms with Gasteiger partial charge in [0, 0.05) is 37.8 Å². The number of phenols is 2. The van der Waals surface area contributed by atoms with E-state index in [1.54, 1.807) is 29.2 Å². The first-order valence-corrected chi connectivity index (χ1v) is 10.1. The van der Waals surface area contributed by atoms with Gasteiger partial charge in [-0.2, -0.15) is 0 Å². The molecule has 2 aromatic carbocycles. The summed E-state index contributed by atoms with van der Waals surface area (Å²) in [5.41, 5.74) is 1.33. The van der Waals surface area contributed by atoms with E-state index < -0.39 is 5.78 Å². The van der Waals surface area contributed by atoms with Gasteiger partial charge in [0.25, 0.3) is 0 Å². The van der Waals surface area contributed by atoms with Crippen molar-refractivity contribution in [3.63, 3.8) is 0 Å². The van der Waals surface area contributed by atoms with Gasteiger partial charge in [0.15, 0.2) is 5.78 Å². The van der Waals surface area contributed by atoms with Crippen molar-refractivity contribution in [2.75, 3.05) is 40.3 Å². The van der Waals surface area contributed by atoms with E-state index in [0.29, 0.717) is 42.0 Å². The van der Waals surface area contributed by atoms with Crippen LogP contribution < -0.4 is 4.74 Å². The molecule has 7 heteroatoms. The Bertz CT molecular complexity index is 932. The highest BCUT2D eigenvalue weighted by atomic mass is 16.5. The third-order valence-corrected chi connectivity index (χ3v) is 5.62. The Morgan fingerprint density at radius 1 is 1.00 bits per heavy atom. The SMILES string of the molecule is CCc1c(O)cc(O)c(C(=O)c2ccc(OC)cc2)c1CC(=O)N1CCN(C)CC1. The summed E-state index contributed by atoms with van der Waals surface area (Å²) in [6.45, 7) is 4.65. The summed E-state index contributed by atoms with van der Waals surface area (Å²) in [6, 6.07) is 7.75. The Morgan fingerprint density at radius 2 is 1.63 bits per heavy atom. The molecule has 0 bridgehead atoms. The summed E-state index contributed by atoms with van der Waals surface area (Å²) in [5.74, 6) is -0.340. The van der Waals surface area contributed by atoms with Crippen molar-refractivity contribution in [1.82, 2.24) is 9.80 Å².